The van der Waals surface area contributed by atoms with Crippen LogP contribution in [0.25, 0.3) is 0 Å². The average molecular weight is 793 g/mol. The van der Waals surface area contributed by atoms with E-state index < -0.39 is 0 Å². The van der Waals surface area contributed by atoms with E-state index >= 15 is 0 Å². The van der Waals surface area contributed by atoms with Crippen LogP contribution in [0.5, 0.6) is 0 Å². The SMILES string of the molecule is CCCC(C=CCCCCCCCCCCCCBr)CCOCOCOCCC(C=CCCCCCCCCCCCCBr)CCC. The lowest BCUT2D eigenvalue weighted by Gasteiger charge is -2.13. The first-order valence-electron chi connectivity index (χ1n) is 20.5. The van der Waals surface area contributed by atoms with Gasteiger partial charge >= 0.3 is 0 Å². The summed E-state index contributed by atoms with van der Waals surface area (Å²) in [7, 11) is 0. The number of alkyl halides is 2. The molecule has 0 aliphatic rings. The van der Waals surface area contributed by atoms with Crippen LogP contribution in [0.2, 0.25) is 0 Å². The Morgan fingerprint density at radius 3 is 1.04 bits per heavy atom. The van der Waals surface area contributed by atoms with Crippen molar-refractivity contribution in [1.29, 1.82) is 0 Å². The molecule has 0 fully saturated rings. The van der Waals surface area contributed by atoms with Crippen LogP contribution in [0.15, 0.2) is 24.3 Å². The van der Waals surface area contributed by atoms with Gasteiger partial charge in [0.25, 0.3) is 0 Å². The molecular formula is C42H80Br2O3. The first-order valence-corrected chi connectivity index (χ1v) is 22.7. The van der Waals surface area contributed by atoms with Crippen molar-refractivity contribution in [1.82, 2.24) is 0 Å². The molecule has 0 aliphatic heterocycles. The Bertz CT molecular complexity index is 575. The Kier molecular flexibility index (Phi) is 42.8. The molecule has 5 heteroatoms. The lowest BCUT2D eigenvalue weighted by Crippen LogP contribution is -2.10. The molecule has 0 amide bonds. The molecule has 0 radical (unpaired) electrons. The number of ether oxygens (including phenoxy) is 3. The minimum absolute atomic E-state index is 0.328. The van der Waals surface area contributed by atoms with Gasteiger partial charge in [-0.15, -0.1) is 0 Å². The van der Waals surface area contributed by atoms with Crippen molar-refractivity contribution in [3.05, 3.63) is 24.3 Å². The van der Waals surface area contributed by atoms with Gasteiger partial charge in [0.05, 0.1) is 0 Å². The predicted molar refractivity (Wildman–Crippen MR) is 216 cm³/mol. The molecule has 0 heterocycles. The summed E-state index contributed by atoms with van der Waals surface area (Å²) in [5.41, 5.74) is 0. The van der Waals surface area contributed by atoms with Crippen molar-refractivity contribution in [2.45, 2.75) is 194 Å². The fourth-order valence-corrected chi connectivity index (χ4v) is 7.07. The second kappa shape index (κ2) is 42.5. The summed E-state index contributed by atoms with van der Waals surface area (Å²) in [4.78, 5) is 0. The van der Waals surface area contributed by atoms with E-state index in [2.05, 4.69) is 70.0 Å². The van der Waals surface area contributed by atoms with Crippen LogP contribution in [0.3, 0.4) is 0 Å². The third-order valence-corrected chi connectivity index (χ3v) is 10.4. The van der Waals surface area contributed by atoms with Crippen LogP contribution in [-0.2, 0) is 14.2 Å². The van der Waals surface area contributed by atoms with E-state index in [1.54, 1.807) is 0 Å². The molecule has 0 aliphatic carbocycles. The summed E-state index contributed by atoms with van der Waals surface area (Å²) >= 11 is 7.04. The standard InChI is InChI=1S/C42H80Br2O3/c1-3-29-41(31-25-21-17-13-9-5-7-11-15-19-23-27-35-43)33-37-45-39-47-40-46-38-34-42(30-4-2)32-26-22-18-14-10-6-8-12-16-20-24-28-36-44/h25-26,31-32,41-42H,3-24,27-30,33-40H2,1-2H3. The van der Waals surface area contributed by atoms with Gasteiger partial charge in [-0.3, -0.25) is 0 Å². The van der Waals surface area contributed by atoms with E-state index in [1.807, 2.05) is 0 Å². The van der Waals surface area contributed by atoms with E-state index in [-0.39, 0.29) is 0 Å². The second-order valence-corrected chi connectivity index (χ2v) is 15.4. The maximum atomic E-state index is 5.78. The Morgan fingerprint density at radius 1 is 0.404 bits per heavy atom. The Hall–Kier alpha value is 0.320. The largest absolute Gasteiger partial charge is 0.355 e. The molecule has 0 spiro atoms. The van der Waals surface area contributed by atoms with Gasteiger partial charge in [-0.05, 0) is 76.0 Å². The zero-order valence-electron chi connectivity index (χ0n) is 31.5. The molecule has 2 unspecified atom stereocenters. The molecule has 0 rings (SSSR count). The van der Waals surface area contributed by atoms with Gasteiger partial charge < -0.3 is 14.2 Å². The molecule has 2 atom stereocenters. The van der Waals surface area contributed by atoms with Crippen molar-refractivity contribution < 1.29 is 14.2 Å². The molecule has 0 bridgehead atoms. The highest BCUT2D eigenvalue weighted by Gasteiger charge is 2.05. The first-order chi connectivity index (χ1) is 23.3. The van der Waals surface area contributed by atoms with Gasteiger partial charge in [-0.25, -0.2) is 0 Å². The van der Waals surface area contributed by atoms with Crippen LogP contribution >= 0.6 is 31.9 Å². The zero-order valence-corrected chi connectivity index (χ0v) is 34.7. The number of rotatable bonds is 40. The quantitative estimate of drug-likeness (QED) is 0.0268. The Morgan fingerprint density at radius 2 is 0.723 bits per heavy atom. The molecule has 3 nitrogen and oxygen atoms in total. The highest BCUT2D eigenvalue weighted by molar-refractivity contribution is 9.09. The fourth-order valence-electron chi connectivity index (χ4n) is 6.27. The minimum Gasteiger partial charge on any atom is -0.355 e. The summed E-state index contributed by atoms with van der Waals surface area (Å²) in [5, 5.41) is 2.33. The molecule has 0 aromatic carbocycles. The van der Waals surface area contributed by atoms with Gasteiger partial charge in [0, 0.05) is 23.9 Å². The van der Waals surface area contributed by atoms with Crippen LogP contribution in [0, 0.1) is 11.8 Å². The van der Waals surface area contributed by atoms with E-state index in [0.717, 1.165) is 36.7 Å². The van der Waals surface area contributed by atoms with Crippen molar-refractivity contribution in [2.75, 3.05) is 37.5 Å². The van der Waals surface area contributed by atoms with Gasteiger partial charge in [0.15, 0.2) is 0 Å². The van der Waals surface area contributed by atoms with Crippen LogP contribution < -0.4 is 0 Å². The maximum absolute atomic E-state index is 5.78. The van der Waals surface area contributed by atoms with Crippen LogP contribution in [0.4, 0.5) is 0 Å². The molecular weight excluding hydrogens is 712 g/mol. The van der Waals surface area contributed by atoms with Crippen molar-refractivity contribution in [2.24, 2.45) is 11.8 Å². The third kappa shape index (κ3) is 39.0. The number of unbranched alkanes of at least 4 members (excludes halogenated alkanes) is 20. The van der Waals surface area contributed by atoms with Crippen molar-refractivity contribution in [3.63, 3.8) is 0 Å². The highest BCUT2D eigenvalue weighted by Crippen LogP contribution is 2.17. The monoisotopic (exact) mass is 790 g/mol. The normalized spacial score (nSPS) is 13.4. The minimum atomic E-state index is 0.328. The maximum Gasteiger partial charge on any atom is 0.149 e. The van der Waals surface area contributed by atoms with Gasteiger partial charge in [-0.1, -0.05) is 186 Å². The van der Waals surface area contributed by atoms with Crippen molar-refractivity contribution >= 4 is 31.9 Å². The van der Waals surface area contributed by atoms with Crippen LogP contribution in [-0.4, -0.2) is 37.5 Å². The predicted octanol–water partition coefficient (Wildman–Crippen LogP) is 15.0. The van der Waals surface area contributed by atoms with Gasteiger partial charge in [-0.2, -0.15) is 0 Å². The lowest BCUT2D eigenvalue weighted by molar-refractivity contribution is -0.132. The second-order valence-electron chi connectivity index (χ2n) is 13.8. The third-order valence-electron chi connectivity index (χ3n) is 9.24. The number of hydrogen-bond donors (Lipinski definition) is 0. The number of allylic oxidation sites excluding steroid dienone is 4. The van der Waals surface area contributed by atoms with Crippen LogP contribution in [0.1, 0.15) is 194 Å². The number of halogens is 2. The zero-order chi connectivity index (χ0) is 34.1. The molecule has 0 saturated carbocycles. The van der Waals surface area contributed by atoms with E-state index in [4.69, 9.17) is 14.2 Å². The molecule has 0 aromatic heterocycles. The smallest absolute Gasteiger partial charge is 0.149 e. The summed E-state index contributed by atoms with van der Waals surface area (Å²) < 4.78 is 17.1. The number of hydrogen-bond acceptors (Lipinski definition) is 3. The van der Waals surface area contributed by atoms with E-state index in [0.29, 0.717) is 25.4 Å². The Balaban J connectivity index is 3.70. The molecule has 47 heavy (non-hydrogen) atoms. The van der Waals surface area contributed by atoms with Gasteiger partial charge in [0.1, 0.15) is 13.6 Å². The summed E-state index contributed by atoms with van der Waals surface area (Å²) in [6, 6.07) is 0. The van der Waals surface area contributed by atoms with E-state index in [1.165, 1.54) is 167 Å². The first kappa shape index (κ1) is 47.3. The molecule has 0 N–H and O–H groups in total. The molecule has 280 valence electrons. The van der Waals surface area contributed by atoms with E-state index in [9.17, 15) is 0 Å². The average Bonchev–Trinajstić information content (AvgIpc) is 3.07. The lowest BCUT2D eigenvalue weighted by atomic mass is 9.99. The summed E-state index contributed by atoms with van der Waals surface area (Å²) in [5.74, 6) is 1.25. The topological polar surface area (TPSA) is 27.7 Å². The Labute approximate surface area is 311 Å². The molecule has 0 aromatic rings. The fraction of sp³-hybridized carbons (Fsp3) is 0.905. The molecule has 0 saturated heterocycles. The summed E-state index contributed by atoms with van der Waals surface area (Å²) in [6.07, 6.45) is 47.2. The van der Waals surface area contributed by atoms with Gasteiger partial charge in [0.2, 0.25) is 0 Å². The highest BCUT2D eigenvalue weighted by atomic mass is 79.9. The van der Waals surface area contributed by atoms with Crippen molar-refractivity contribution in [3.8, 4) is 0 Å². The summed E-state index contributed by atoms with van der Waals surface area (Å²) in [6.45, 7) is 6.73.